The van der Waals surface area contributed by atoms with Crippen molar-refractivity contribution in [3.63, 3.8) is 0 Å². The van der Waals surface area contributed by atoms with E-state index < -0.39 is 0 Å². The number of fused-ring (bicyclic) bond motifs is 1. The van der Waals surface area contributed by atoms with E-state index in [1.807, 2.05) is 25.1 Å². The maximum Gasteiger partial charge on any atom is 0.329 e. The fourth-order valence-electron chi connectivity index (χ4n) is 2.38. The van der Waals surface area contributed by atoms with Crippen molar-refractivity contribution in [1.82, 2.24) is 0 Å². The molecular weight excluding hydrogens is 216 g/mol. The molecule has 17 heavy (non-hydrogen) atoms. The number of nitrogen functional groups attached to an aromatic ring is 1. The van der Waals surface area contributed by atoms with E-state index in [1.165, 1.54) is 0 Å². The second kappa shape index (κ2) is 4.65. The Morgan fingerprint density at radius 1 is 1.47 bits per heavy atom. The molecule has 2 atom stereocenters. The maximum absolute atomic E-state index is 11.9. The van der Waals surface area contributed by atoms with Crippen molar-refractivity contribution in [2.45, 2.75) is 32.2 Å². The summed E-state index contributed by atoms with van der Waals surface area (Å²) < 4.78 is 5.09. The van der Waals surface area contributed by atoms with E-state index in [2.05, 4.69) is 12.2 Å². The Kier molecular flexibility index (Phi) is 3.22. The minimum atomic E-state index is -0.281. The highest BCUT2D eigenvalue weighted by Crippen LogP contribution is 2.39. The highest BCUT2D eigenvalue weighted by molar-refractivity contribution is 5.85. The molecule has 2 unspecified atom stereocenters. The Bertz CT molecular complexity index is 431. The van der Waals surface area contributed by atoms with Crippen molar-refractivity contribution >= 4 is 17.3 Å². The minimum Gasteiger partial charge on any atom is -0.464 e. The summed E-state index contributed by atoms with van der Waals surface area (Å²) in [5.74, 6) is -0.0401. The molecule has 0 saturated heterocycles. The topological polar surface area (TPSA) is 64.3 Å². The van der Waals surface area contributed by atoms with Crippen molar-refractivity contribution in [2.75, 3.05) is 17.7 Å². The molecule has 2 rings (SSSR count). The normalized spacial score (nSPS) is 21.8. The number of rotatable bonds is 3. The molecule has 4 nitrogen and oxygen atoms in total. The average molecular weight is 234 g/mol. The molecule has 3 N–H and O–H groups in total. The molecular formula is C13H18N2O2. The van der Waals surface area contributed by atoms with E-state index in [0.29, 0.717) is 6.61 Å². The summed E-state index contributed by atoms with van der Waals surface area (Å²) in [5.41, 5.74) is 8.62. The van der Waals surface area contributed by atoms with Crippen LogP contribution in [0, 0.1) is 0 Å². The molecule has 4 heteroatoms. The molecule has 1 aliphatic rings. The molecule has 0 spiro atoms. The molecule has 1 heterocycles. The van der Waals surface area contributed by atoms with Gasteiger partial charge < -0.3 is 15.8 Å². The Labute approximate surface area is 101 Å². The molecule has 0 amide bonds. The van der Waals surface area contributed by atoms with Crippen LogP contribution in [0.4, 0.5) is 11.4 Å². The average Bonchev–Trinajstić information content (AvgIpc) is 2.67. The van der Waals surface area contributed by atoms with Gasteiger partial charge in [0.05, 0.1) is 6.61 Å². The lowest BCUT2D eigenvalue weighted by Gasteiger charge is -2.17. The first-order chi connectivity index (χ1) is 8.17. The van der Waals surface area contributed by atoms with E-state index in [9.17, 15) is 4.79 Å². The van der Waals surface area contributed by atoms with E-state index in [4.69, 9.17) is 10.5 Å². The van der Waals surface area contributed by atoms with Crippen LogP contribution in [0.2, 0.25) is 0 Å². The van der Waals surface area contributed by atoms with E-state index >= 15 is 0 Å². The first kappa shape index (κ1) is 11.8. The summed E-state index contributed by atoms with van der Waals surface area (Å²) in [7, 11) is 0. The van der Waals surface area contributed by atoms with Gasteiger partial charge in [0.15, 0.2) is 0 Å². The third-order valence-corrected chi connectivity index (χ3v) is 3.17. The third kappa shape index (κ3) is 2.07. The fraction of sp³-hybridized carbons (Fsp3) is 0.462. The summed E-state index contributed by atoms with van der Waals surface area (Å²) in [6, 6.07) is 5.42. The summed E-state index contributed by atoms with van der Waals surface area (Å²) in [5, 5.41) is 3.22. The molecule has 0 radical (unpaired) electrons. The number of hydrogen-bond acceptors (Lipinski definition) is 4. The van der Waals surface area contributed by atoms with Crippen LogP contribution in [0.1, 0.15) is 31.7 Å². The Balaban J connectivity index is 2.28. The van der Waals surface area contributed by atoms with Crippen molar-refractivity contribution in [2.24, 2.45) is 0 Å². The quantitative estimate of drug-likeness (QED) is 0.621. The number of nitrogens with one attached hydrogen (secondary N) is 1. The lowest BCUT2D eigenvalue weighted by Crippen LogP contribution is -2.32. The molecule has 1 aromatic carbocycles. The van der Waals surface area contributed by atoms with Gasteiger partial charge in [-0.25, -0.2) is 4.79 Å². The van der Waals surface area contributed by atoms with Crippen molar-refractivity contribution in [3.8, 4) is 0 Å². The zero-order chi connectivity index (χ0) is 12.4. The van der Waals surface area contributed by atoms with E-state index in [0.717, 1.165) is 23.4 Å². The van der Waals surface area contributed by atoms with Gasteiger partial charge in [-0.3, -0.25) is 0 Å². The van der Waals surface area contributed by atoms with Gasteiger partial charge in [-0.1, -0.05) is 6.92 Å². The number of benzene rings is 1. The fourth-order valence-corrected chi connectivity index (χ4v) is 2.38. The van der Waals surface area contributed by atoms with Gasteiger partial charge in [-0.05, 0) is 37.1 Å². The summed E-state index contributed by atoms with van der Waals surface area (Å²) >= 11 is 0. The second-order valence-electron chi connectivity index (χ2n) is 4.24. The second-order valence-corrected chi connectivity index (χ2v) is 4.24. The van der Waals surface area contributed by atoms with Crippen LogP contribution in [-0.2, 0) is 9.53 Å². The first-order valence-electron chi connectivity index (χ1n) is 6.00. The highest BCUT2D eigenvalue weighted by Gasteiger charge is 2.36. The Morgan fingerprint density at radius 3 is 2.88 bits per heavy atom. The summed E-state index contributed by atoms with van der Waals surface area (Å²) in [6.45, 7) is 4.29. The Hall–Kier alpha value is -1.71. The van der Waals surface area contributed by atoms with Crippen LogP contribution in [0.3, 0.4) is 0 Å². The first-order valence-corrected chi connectivity index (χ1v) is 6.00. The van der Waals surface area contributed by atoms with Gasteiger partial charge in [0.2, 0.25) is 0 Å². The molecule has 1 aromatic rings. The lowest BCUT2D eigenvalue weighted by atomic mass is 9.92. The number of nitrogens with two attached hydrogens (primary N) is 1. The van der Waals surface area contributed by atoms with Gasteiger partial charge >= 0.3 is 5.97 Å². The number of carbonyl (C=O) groups is 1. The van der Waals surface area contributed by atoms with E-state index in [1.54, 1.807) is 0 Å². The van der Waals surface area contributed by atoms with Crippen LogP contribution >= 0.6 is 0 Å². The molecule has 92 valence electrons. The standard InChI is InChI=1S/C13H18N2O2/c1-3-9-10-7-8(14)5-6-11(10)15-12(9)13(16)17-4-2/h5-7,9,12,15H,3-4,14H2,1-2H3. The largest absolute Gasteiger partial charge is 0.464 e. The van der Waals surface area contributed by atoms with E-state index in [-0.39, 0.29) is 17.9 Å². The third-order valence-electron chi connectivity index (χ3n) is 3.17. The summed E-state index contributed by atoms with van der Waals surface area (Å²) in [6.07, 6.45) is 0.882. The van der Waals surface area contributed by atoms with Crippen molar-refractivity contribution in [3.05, 3.63) is 23.8 Å². The van der Waals surface area contributed by atoms with Gasteiger partial charge in [-0.2, -0.15) is 0 Å². The zero-order valence-corrected chi connectivity index (χ0v) is 10.2. The maximum atomic E-state index is 11.9. The van der Waals surface area contributed by atoms with Gasteiger partial charge in [0.1, 0.15) is 6.04 Å². The molecule has 0 aromatic heterocycles. The predicted octanol–water partition coefficient (Wildman–Crippen LogP) is 2.12. The lowest BCUT2D eigenvalue weighted by molar-refractivity contribution is -0.144. The van der Waals surface area contributed by atoms with Gasteiger partial charge in [0.25, 0.3) is 0 Å². The van der Waals surface area contributed by atoms with Crippen LogP contribution in [0.25, 0.3) is 0 Å². The van der Waals surface area contributed by atoms with Crippen molar-refractivity contribution < 1.29 is 9.53 Å². The molecule has 0 bridgehead atoms. The molecule has 0 saturated carbocycles. The zero-order valence-electron chi connectivity index (χ0n) is 10.2. The van der Waals surface area contributed by atoms with Crippen LogP contribution in [-0.4, -0.2) is 18.6 Å². The highest BCUT2D eigenvalue weighted by atomic mass is 16.5. The summed E-state index contributed by atoms with van der Waals surface area (Å²) in [4.78, 5) is 11.9. The number of anilines is 2. The number of ether oxygens (including phenoxy) is 1. The van der Waals surface area contributed by atoms with Crippen molar-refractivity contribution in [1.29, 1.82) is 0 Å². The molecule has 0 fully saturated rings. The monoisotopic (exact) mass is 234 g/mol. The van der Waals surface area contributed by atoms with Crippen LogP contribution < -0.4 is 11.1 Å². The minimum absolute atomic E-state index is 0.146. The number of hydrogen-bond donors (Lipinski definition) is 2. The van der Waals surface area contributed by atoms with Gasteiger partial charge in [0, 0.05) is 17.3 Å². The smallest absolute Gasteiger partial charge is 0.329 e. The molecule has 0 aliphatic carbocycles. The van der Waals surface area contributed by atoms with Crippen LogP contribution in [0.15, 0.2) is 18.2 Å². The Morgan fingerprint density at radius 2 is 2.24 bits per heavy atom. The number of esters is 1. The molecule has 1 aliphatic heterocycles. The SMILES string of the molecule is CCOC(=O)C1Nc2ccc(N)cc2C1CC. The predicted molar refractivity (Wildman–Crippen MR) is 67.9 cm³/mol. The van der Waals surface area contributed by atoms with Gasteiger partial charge in [-0.15, -0.1) is 0 Å². The van der Waals surface area contributed by atoms with Crippen LogP contribution in [0.5, 0.6) is 0 Å². The number of carbonyl (C=O) groups excluding carboxylic acids is 1.